The Morgan fingerprint density at radius 2 is 1.76 bits per heavy atom. The molecule has 3 saturated carbocycles. The van der Waals surface area contributed by atoms with E-state index in [4.69, 9.17) is 0 Å². The monoisotopic (exact) mass is 242 g/mol. The van der Waals surface area contributed by atoms with Crippen molar-refractivity contribution in [2.45, 2.75) is 64.3 Å². The fraction of sp³-hybridized carbons (Fsp3) is 1.00. The van der Waals surface area contributed by atoms with Gasteiger partial charge in [0.05, 0.1) is 12.2 Å². The summed E-state index contributed by atoms with van der Waals surface area (Å²) in [5, 5.41) is 31.3. The normalized spacial score (nSPS) is 55.4. The minimum atomic E-state index is -1.29. The zero-order valence-electron chi connectivity index (χ0n) is 11.1. The van der Waals surface area contributed by atoms with Crippen LogP contribution in [0.3, 0.4) is 0 Å². The van der Waals surface area contributed by atoms with Crippen molar-refractivity contribution in [2.24, 2.45) is 23.7 Å². The van der Waals surface area contributed by atoms with E-state index in [2.05, 4.69) is 13.8 Å². The van der Waals surface area contributed by atoms with Gasteiger partial charge in [-0.15, -0.1) is 0 Å². The first kappa shape index (κ1) is 13.3. The number of hydrogen-bond donors (Lipinski definition) is 3. The van der Waals surface area contributed by atoms with E-state index < -0.39 is 17.8 Å². The summed E-state index contributed by atoms with van der Waals surface area (Å²) < 4.78 is 0. The third-order valence-corrected chi connectivity index (χ3v) is 5.53. The van der Waals surface area contributed by atoms with Crippen LogP contribution in [0.4, 0.5) is 0 Å². The Hall–Kier alpha value is -0.120. The van der Waals surface area contributed by atoms with Crippen molar-refractivity contribution < 1.29 is 15.3 Å². The zero-order valence-corrected chi connectivity index (χ0v) is 11.1. The van der Waals surface area contributed by atoms with Crippen molar-refractivity contribution in [3.05, 3.63) is 0 Å². The summed E-state index contributed by atoms with van der Waals surface area (Å²) in [4.78, 5) is 0. The Labute approximate surface area is 104 Å². The standard InChI is InChI=1S/C14H26O3/c1-4-11-9(3)10-7-13(16)14(11,17)12(15)6-5-8(10)2/h8-13,15-17H,4-7H2,1-3H3/t8-,9?,10?,11?,12?,13?,14?/m1/s1. The van der Waals surface area contributed by atoms with E-state index in [0.717, 1.165) is 12.8 Å². The fourth-order valence-electron chi connectivity index (χ4n) is 4.41. The predicted octanol–water partition coefficient (Wildman–Crippen LogP) is 1.55. The van der Waals surface area contributed by atoms with Gasteiger partial charge in [0.15, 0.2) is 0 Å². The van der Waals surface area contributed by atoms with Crippen LogP contribution in [0.1, 0.15) is 46.5 Å². The lowest BCUT2D eigenvalue weighted by Gasteiger charge is -2.55. The maximum atomic E-state index is 10.8. The van der Waals surface area contributed by atoms with E-state index in [-0.39, 0.29) is 5.92 Å². The maximum Gasteiger partial charge on any atom is 0.119 e. The summed E-state index contributed by atoms with van der Waals surface area (Å²) in [6.45, 7) is 6.42. The number of aliphatic hydroxyl groups is 3. The molecule has 0 heterocycles. The van der Waals surface area contributed by atoms with Crippen molar-refractivity contribution in [3.8, 4) is 0 Å². The smallest absolute Gasteiger partial charge is 0.119 e. The molecule has 0 aromatic rings. The van der Waals surface area contributed by atoms with Crippen LogP contribution in [0.2, 0.25) is 0 Å². The molecule has 3 nitrogen and oxygen atoms in total. The molecule has 3 N–H and O–H groups in total. The highest BCUT2D eigenvalue weighted by Gasteiger charge is 2.57. The largest absolute Gasteiger partial charge is 0.390 e. The molecule has 0 saturated heterocycles. The zero-order chi connectivity index (χ0) is 12.8. The molecule has 3 aliphatic carbocycles. The third-order valence-electron chi connectivity index (χ3n) is 5.53. The molecule has 3 rings (SSSR count). The summed E-state index contributed by atoms with van der Waals surface area (Å²) >= 11 is 0. The van der Waals surface area contributed by atoms with Crippen molar-refractivity contribution in [2.75, 3.05) is 0 Å². The van der Waals surface area contributed by atoms with Crippen molar-refractivity contribution in [1.82, 2.24) is 0 Å². The molecule has 0 radical (unpaired) electrons. The van der Waals surface area contributed by atoms with Gasteiger partial charge in [-0.3, -0.25) is 0 Å². The second-order valence-corrected chi connectivity index (χ2v) is 6.25. The summed E-state index contributed by atoms with van der Waals surface area (Å²) in [6, 6.07) is 0. The van der Waals surface area contributed by atoms with Gasteiger partial charge in [-0.05, 0) is 42.9 Å². The van der Waals surface area contributed by atoms with E-state index in [1.54, 1.807) is 0 Å². The molecule has 0 amide bonds. The lowest BCUT2D eigenvalue weighted by atomic mass is 9.55. The molecule has 7 atom stereocenters. The fourth-order valence-corrected chi connectivity index (χ4v) is 4.41. The van der Waals surface area contributed by atoms with Gasteiger partial charge in [-0.2, -0.15) is 0 Å². The first-order valence-electron chi connectivity index (χ1n) is 7.01. The quantitative estimate of drug-likeness (QED) is 0.654. The summed E-state index contributed by atoms with van der Waals surface area (Å²) in [5.41, 5.74) is -1.29. The van der Waals surface area contributed by atoms with E-state index in [1.807, 2.05) is 6.92 Å². The molecule has 3 aliphatic rings. The number of rotatable bonds is 1. The molecule has 3 heteroatoms. The molecular formula is C14H26O3. The lowest BCUT2D eigenvalue weighted by Crippen LogP contribution is -2.64. The van der Waals surface area contributed by atoms with E-state index in [1.165, 1.54) is 0 Å². The van der Waals surface area contributed by atoms with Gasteiger partial charge >= 0.3 is 0 Å². The average Bonchev–Trinajstić information content (AvgIpc) is 2.30. The first-order valence-corrected chi connectivity index (χ1v) is 7.01. The summed E-state index contributed by atoms with van der Waals surface area (Å²) in [7, 11) is 0. The van der Waals surface area contributed by atoms with Crippen molar-refractivity contribution in [1.29, 1.82) is 0 Å². The molecule has 2 bridgehead atoms. The summed E-state index contributed by atoms with van der Waals surface area (Å²) in [6.07, 6.45) is 1.44. The van der Waals surface area contributed by atoms with Gasteiger partial charge in [0, 0.05) is 0 Å². The van der Waals surface area contributed by atoms with Crippen LogP contribution >= 0.6 is 0 Å². The van der Waals surface area contributed by atoms with E-state index in [0.29, 0.717) is 30.6 Å². The number of fused-ring (bicyclic) bond motifs is 5. The number of hydrogen-bond acceptors (Lipinski definition) is 3. The van der Waals surface area contributed by atoms with Crippen LogP contribution in [0.5, 0.6) is 0 Å². The summed E-state index contributed by atoms with van der Waals surface area (Å²) in [5.74, 6) is 1.38. The van der Waals surface area contributed by atoms with Gasteiger partial charge in [-0.1, -0.05) is 27.2 Å². The molecule has 0 aromatic carbocycles. The second-order valence-electron chi connectivity index (χ2n) is 6.25. The van der Waals surface area contributed by atoms with Crippen LogP contribution in [0.25, 0.3) is 0 Å². The Morgan fingerprint density at radius 1 is 1.12 bits per heavy atom. The third kappa shape index (κ3) is 1.83. The lowest BCUT2D eigenvalue weighted by molar-refractivity contribution is -0.232. The molecule has 3 fully saturated rings. The highest BCUT2D eigenvalue weighted by molar-refractivity contribution is 5.07. The number of aliphatic hydroxyl groups excluding tert-OH is 2. The topological polar surface area (TPSA) is 60.7 Å². The highest BCUT2D eigenvalue weighted by Crippen LogP contribution is 2.50. The first-order chi connectivity index (χ1) is 7.92. The average molecular weight is 242 g/mol. The van der Waals surface area contributed by atoms with Crippen LogP contribution < -0.4 is 0 Å². The molecule has 0 aliphatic heterocycles. The van der Waals surface area contributed by atoms with Gasteiger partial charge in [0.25, 0.3) is 0 Å². The Bertz CT molecular complexity index is 275. The maximum absolute atomic E-state index is 10.8. The van der Waals surface area contributed by atoms with Crippen LogP contribution in [-0.4, -0.2) is 33.1 Å². The van der Waals surface area contributed by atoms with Gasteiger partial charge in [-0.25, -0.2) is 0 Å². The Balaban J connectivity index is 2.40. The van der Waals surface area contributed by atoms with Crippen LogP contribution in [-0.2, 0) is 0 Å². The van der Waals surface area contributed by atoms with Crippen LogP contribution in [0, 0.1) is 23.7 Å². The van der Waals surface area contributed by atoms with E-state index in [9.17, 15) is 15.3 Å². The SMILES string of the molecule is CCC1C(C)C2CC(O)C1(O)C(O)CC[C@H]2C. The molecule has 0 spiro atoms. The van der Waals surface area contributed by atoms with Gasteiger partial charge < -0.3 is 15.3 Å². The minimum absolute atomic E-state index is 0.00833. The highest BCUT2D eigenvalue weighted by atomic mass is 16.4. The second kappa shape index (κ2) is 4.52. The van der Waals surface area contributed by atoms with E-state index >= 15 is 0 Å². The van der Waals surface area contributed by atoms with Crippen LogP contribution in [0.15, 0.2) is 0 Å². The molecule has 0 aromatic heterocycles. The van der Waals surface area contributed by atoms with Gasteiger partial charge in [0.1, 0.15) is 5.60 Å². The molecule has 17 heavy (non-hydrogen) atoms. The minimum Gasteiger partial charge on any atom is -0.390 e. The van der Waals surface area contributed by atoms with Crippen molar-refractivity contribution >= 4 is 0 Å². The van der Waals surface area contributed by atoms with Gasteiger partial charge in [0.2, 0.25) is 0 Å². The molecule has 100 valence electrons. The Kier molecular flexibility index (Phi) is 3.54. The molecule has 6 unspecified atom stereocenters. The molecular weight excluding hydrogens is 216 g/mol. The Morgan fingerprint density at radius 3 is 2.35 bits per heavy atom. The predicted molar refractivity (Wildman–Crippen MR) is 66.4 cm³/mol. The van der Waals surface area contributed by atoms with Crippen molar-refractivity contribution in [3.63, 3.8) is 0 Å².